The van der Waals surface area contributed by atoms with Gasteiger partial charge in [-0.3, -0.25) is 14.8 Å². The van der Waals surface area contributed by atoms with E-state index in [4.69, 9.17) is 4.42 Å². The predicted molar refractivity (Wildman–Crippen MR) is 88.8 cm³/mol. The average Bonchev–Trinajstić information content (AvgIpc) is 3.19. The van der Waals surface area contributed by atoms with Crippen LogP contribution in [0.15, 0.2) is 40.9 Å². The van der Waals surface area contributed by atoms with E-state index in [1.54, 1.807) is 16.9 Å². The molecule has 0 aliphatic carbocycles. The van der Waals surface area contributed by atoms with Crippen LogP contribution in [-0.4, -0.2) is 25.9 Å². The highest BCUT2D eigenvalue weighted by Gasteiger charge is 2.15. The lowest BCUT2D eigenvalue weighted by atomic mass is 10.1. The highest BCUT2D eigenvalue weighted by molar-refractivity contribution is 6.01. The molecule has 2 aromatic heterocycles. The Balaban J connectivity index is 1.64. The molecule has 0 saturated carbocycles. The van der Waals surface area contributed by atoms with Crippen molar-refractivity contribution in [3.05, 3.63) is 59.2 Å². The van der Waals surface area contributed by atoms with E-state index in [-0.39, 0.29) is 18.0 Å². The second-order valence-electron chi connectivity index (χ2n) is 5.89. The molecule has 1 amide bonds. The molecule has 2 heterocycles. The van der Waals surface area contributed by atoms with E-state index in [0.29, 0.717) is 18.0 Å². The van der Waals surface area contributed by atoms with Crippen LogP contribution < -0.4 is 5.32 Å². The summed E-state index contributed by atoms with van der Waals surface area (Å²) in [5, 5.41) is 14.6. The molecule has 1 N–H and O–H groups in total. The second-order valence-corrected chi connectivity index (χ2v) is 5.89. The Bertz CT molecular complexity index is 833. The summed E-state index contributed by atoms with van der Waals surface area (Å²) >= 11 is 0. The molecule has 3 aromatic rings. The minimum Gasteiger partial charge on any atom is -0.407 e. The Morgan fingerprint density at radius 3 is 2.62 bits per heavy atom. The standard InChI is InChI=1S/C17H19N5O2/c1-11(2)22-9-8-14(21-22)16(23)18-17-20-19-15(24-17)10-13-6-4-12(3)5-7-13/h4-9,11H,10H2,1-3H3,(H,18,20,23). The van der Waals surface area contributed by atoms with Crippen molar-refractivity contribution < 1.29 is 9.21 Å². The van der Waals surface area contributed by atoms with Gasteiger partial charge in [0.05, 0.1) is 6.42 Å². The van der Waals surface area contributed by atoms with Crippen molar-refractivity contribution in [1.29, 1.82) is 0 Å². The summed E-state index contributed by atoms with van der Waals surface area (Å²) in [7, 11) is 0. The largest absolute Gasteiger partial charge is 0.407 e. The van der Waals surface area contributed by atoms with E-state index in [9.17, 15) is 4.79 Å². The zero-order chi connectivity index (χ0) is 17.1. The molecular formula is C17H19N5O2. The first-order valence-corrected chi connectivity index (χ1v) is 7.75. The lowest BCUT2D eigenvalue weighted by Gasteiger charge is -2.03. The number of hydrogen-bond acceptors (Lipinski definition) is 5. The normalized spacial score (nSPS) is 11.0. The lowest BCUT2D eigenvalue weighted by molar-refractivity contribution is 0.101. The molecule has 0 saturated heterocycles. The first-order valence-electron chi connectivity index (χ1n) is 7.75. The molecule has 0 unspecified atom stereocenters. The van der Waals surface area contributed by atoms with Gasteiger partial charge < -0.3 is 4.42 Å². The van der Waals surface area contributed by atoms with E-state index >= 15 is 0 Å². The molecule has 7 nitrogen and oxygen atoms in total. The molecule has 0 aliphatic heterocycles. The van der Waals surface area contributed by atoms with Crippen LogP contribution >= 0.6 is 0 Å². The summed E-state index contributed by atoms with van der Waals surface area (Å²) in [5.74, 6) is 0.0711. The smallest absolute Gasteiger partial charge is 0.322 e. The van der Waals surface area contributed by atoms with Crippen LogP contribution in [0.4, 0.5) is 6.01 Å². The SMILES string of the molecule is Cc1ccc(Cc2nnc(NC(=O)c3ccn(C(C)C)n3)o2)cc1. The quantitative estimate of drug-likeness (QED) is 0.779. The van der Waals surface area contributed by atoms with Gasteiger partial charge >= 0.3 is 6.01 Å². The third kappa shape index (κ3) is 3.68. The van der Waals surface area contributed by atoms with Crippen LogP contribution in [0.3, 0.4) is 0 Å². The number of aromatic nitrogens is 4. The third-order valence-corrected chi connectivity index (χ3v) is 3.53. The molecule has 0 spiro atoms. The predicted octanol–water partition coefficient (Wildman–Crippen LogP) is 3.00. The van der Waals surface area contributed by atoms with Crippen molar-refractivity contribution in [3.8, 4) is 0 Å². The van der Waals surface area contributed by atoms with Gasteiger partial charge in [0.25, 0.3) is 5.91 Å². The number of carbonyl (C=O) groups excluding carboxylic acids is 1. The Hall–Kier alpha value is -2.96. The molecule has 7 heteroatoms. The number of anilines is 1. The summed E-state index contributed by atoms with van der Waals surface area (Å²) in [6, 6.07) is 9.99. The Morgan fingerprint density at radius 1 is 1.21 bits per heavy atom. The van der Waals surface area contributed by atoms with E-state index < -0.39 is 0 Å². The number of amides is 1. The molecule has 0 bridgehead atoms. The fourth-order valence-corrected chi connectivity index (χ4v) is 2.16. The fraction of sp³-hybridized carbons (Fsp3) is 0.294. The molecule has 1 aromatic carbocycles. The number of nitrogens with one attached hydrogen (secondary N) is 1. The molecule has 124 valence electrons. The highest BCUT2D eigenvalue weighted by atomic mass is 16.4. The van der Waals surface area contributed by atoms with Gasteiger partial charge in [-0.15, -0.1) is 5.10 Å². The van der Waals surface area contributed by atoms with Gasteiger partial charge in [-0.25, -0.2) is 0 Å². The van der Waals surface area contributed by atoms with Crippen molar-refractivity contribution in [1.82, 2.24) is 20.0 Å². The van der Waals surface area contributed by atoms with Gasteiger partial charge in [0, 0.05) is 12.2 Å². The van der Waals surface area contributed by atoms with Crippen molar-refractivity contribution in [2.45, 2.75) is 33.2 Å². The number of carbonyl (C=O) groups is 1. The van der Waals surface area contributed by atoms with Gasteiger partial charge in [-0.05, 0) is 32.4 Å². The maximum absolute atomic E-state index is 12.1. The zero-order valence-electron chi connectivity index (χ0n) is 13.9. The molecule has 0 atom stereocenters. The topological polar surface area (TPSA) is 85.8 Å². The average molecular weight is 325 g/mol. The number of hydrogen-bond donors (Lipinski definition) is 1. The van der Waals surface area contributed by atoms with E-state index in [0.717, 1.165) is 5.56 Å². The minimum absolute atomic E-state index is 0.0706. The van der Waals surface area contributed by atoms with Gasteiger partial charge in [0.15, 0.2) is 5.69 Å². The van der Waals surface area contributed by atoms with Crippen molar-refractivity contribution in [2.75, 3.05) is 5.32 Å². The van der Waals surface area contributed by atoms with Crippen molar-refractivity contribution in [3.63, 3.8) is 0 Å². The lowest BCUT2D eigenvalue weighted by Crippen LogP contribution is -2.14. The fourth-order valence-electron chi connectivity index (χ4n) is 2.16. The number of benzene rings is 1. The third-order valence-electron chi connectivity index (χ3n) is 3.53. The summed E-state index contributed by atoms with van der Waals surface area (Å²) in [6.07, 6.45) is 2.28. The Labute approximate surface area is 139 Å². The minimum atomic E-state index is -0.375. The van der Waals surface area contributed by atoms with Gasteiger partial charge in [-0.2, -0.15) is 5.10 Å². The molecule has 24 heavy (non-hydrogen) atoms. The first-order chi connectivity index (χ1) is 11.5. The molecular weight excluding hydrogens is 306 g/mol. The van der Waals surface area contributed by atoms with Gasteiger partial charge in [-0.1, -0.05) is 34.9 Å². The van der Waals surface area contributed by atoms with Crippen LogP contribution in [0.5, 0.6) is 0 Å². The highest BCUT2D eigenvalue weighted by Crippen LogP contribution is 2.13. The van der Waals surface area contributed by atoms with Crippen LogP contribution in [0, 0.1) is 6.92 Å². The second kappa shape index (κ2) is 6.66. The maximum atomic E-state index is 12.1. The Kier molecular flexibility index (Phi) is 4.41. The summed E-state index contributed by atoms with van der Waals surface area (Å²) in [4.78, 5) is 12.1. The van der Waals surface area contributed by atoms with Crippen LogP contribution in [0.2, 0.25) is 0 Å². The van der Waals surface area contributed by atoms with Crippen molar-refractivity contribution in [2.24, 2.45) is 0 Å². The maximum Gasteiger partial charge on any atom is 0.322 e. The number of aryl methyl sites for hydroxylation is 1. The zero-order valence-corrected chi connectivity index (χ0v) is 13.9. The molecule has 0 aliphatic rings. The number of nitrogens with zero attached hydrogens (tertiary/aromatic N) is 4. The Morgan fingerprint density at radius 2 is 1.96 bits per heavy atom. The van der Waals surface area contributed by atoms with Crippen LogP contribution in [0.25, 0.3) is 0 Å². The van der Waals surface area contributed by atoms with E-state index in [1.807, 2.05) is 45.0 Å². The summed E-state index contributed by atoms with van der Waals surface area (Å²) in [5.41, 5.74) is 2.57. The van der Waals surface area contributed by atoms with Crippen LogP contribution in [0.1, 0.15) is 47.4 Å². The van der Waals surface area contributed by atoms with Gasteiger partial charge in [0.1, 0.15) is 0 Å². The van der Waals surface area contributed by atoms with Crippen LogP contribution in [-0.2, 0) is 6.42 Å². The molecule has 3 rings (SSSR count). The van der Waals surface area contributed by atoms with Crippen molar-refractivity contribution >= 4 is 11.9 Å². The van der Waals surface area contributed by atoms with Gasteiger partial charge in [0.2, 0.25) is 5.89 Å². The summed E-state index contributed by atoms with van der Waals surface area (Å²) < 4.78 is 7.19. The monoisotopic (exact) mass is 325 g/mol. The number of rotatable bonds is 5. The molecule has 0 radical (unpaired) electrons. The first kappa shape index (κ1) is 15.9. The van der Waals surface area contributed by atoms with E-state index in [1.165, 1.54) is 5.56 Å². The summed E-state index contributed by atoms with van der Waals surface area (Å²) in [6.45, 7) is 6.01. The molecule has 0 fully saturated rings. The van der Waals surface area contributed by atoms with E-state index in [2.05, 4.69) is 20.6 Å².